The second-order valence-corrected chi connectivity index (χ2v) is 11.9. The van der Waals surface area contributed by atoms with Crippen molar-refractivity contribution in [3.8, 4) is 0 Å². The van der Waals surface area contributed by atoms with Gasteiger partial charge in [0.25, 0.3) is 0 Å². The number of hydrogen-bond donors (Lipinski definition) is 3. The van der Waals surface area contributed by atoms with Gasteiger partial charge in [0, 0.05) is 0 Å². The summed E-state index contributed by atoms with van der Waals surface area (Å²) in [5, 5.41) is 8.57. The lowest BCUT2D eigenvalue weighted by Gasteiger charge is -2.35. The zero-order valence-corrected chi connectivity index (χ0v) is 21.2. The molecule has 0 radical (unpaired) electrons. The van der Waals surface area contributed by atoms with Crippen molar-refractivity contribution in [3.63, 3.8) is 0 Å². The number of aliphatic hydroxyl groups is 1. The molecule has 0 aliphatic carbocycles. The molecule has 0 rings (SSSR count). The summed E-state index contributed by atoms with van der Waals surface area (Å²) in [5.74, 6) is 0. The molecule has 0 aromatic rings. The Balaban J connectivity index is 3.70. The van der Waals surface area contributed by atoms with E-state index < -0.39 is 12.9 Å². The lowest BCUT2D eigenvalue weighted by atomic mass is 10.0. The highest BCUT2D eigenvalue weighted by Crippen LogP contribution is 2.52. The minimum Gasteiger partial charge on any atom is -0.373 e. The van der Waals surface area contributed by atoms with Crippen molar-refractivity contribution in [3.05, 3.63) is 12.2 Å². The first-order valence-corrected chi connectivity index (χ1v) is 13.9. The highest BCUT2D eigenvalue weighted by atomic mass is 31.2. The van der Waals surface area contributed by atoms with Crippen LogP contribution in [0.3, 0.4) is 0 Å². The van der Waals surface area contributed by atoms with E-state index in [9.17, 15) is 19.5 Å². The van der Waals surface area contributed by atoms with Gasteiger partial charge < -0.3 is 19.4 Å². The Morgan fingerprint density at radius 2 is 1.13 bits per heavy atom. The zero-order chi connectivity index (χ0) is 22.9. The molecular weight excluding hydrogens is 397 g/mol. The van der Waals surface area contributed by atoms with E-state index in [1.54, 1.807) is 0 Å². The van der Waals surface area contributed by atoms with Gasteiger partial charge in [0.05, 0.1) is 21.1 Å². The van der Waals surface area contributed by atoms with Crippen LogP contribution in [0.15, 0.2) is 12.2 Å². The van der Waals surface area contributed by atoms with Gasteiger partial charge >= 0.3 is 7.60 Å². The summed E-state index contributed by atoms with van der Waals surface area (Å²) in [4.78, 5) is 19.1. The Hall–Kier alpha value is -0.190. The molecule has 0 aromatic carbocycles. The van der Waals surface area contributed by atoms with E-state index in [-0.39, 0.29) is 13.0 Å². The quantitative estimate of drug-likeness (QED) is 0.0874. The van der Waals surface area contributed by atoms with Crippen LogP contribution in [0.25, 0.3) is 0 Å². The average Bonchev–Trinajstić information content (AvgIpc) is 2.62. The minimum absolute atomic E-state index is 0.0415. The van der Waals surface area contributed by atoms with Crippen LogP contribution in [-0.2, 0) is 4.57 Å². The predicted octanol–water partition coefficient (Wildman–Crippen LogP) is 6.38. The van der Waals surface area contributed by atoms with Crippen LogP contribution in [0.2, 0.25) is 0 Å². The third-order valence-corrected chi connectivity index (χ3v) is 7.06. The Labute approximate surface area is 186 Å². The Kier molecular flexibility index (Phi) is 16.3. The fourth-order valence-corrected chi connectivity index (χ4v) is 4.98. The molecule has 0 bridgehead atoms. The molecule has 5 nitrogen and oxygen atoms in total. The largest absolute Gasteiger partial charge is 0.373 e. The monoisotopic (exact) mass is 448 g/mol. The van der Waals surface area contributed by atoms with Gasteiger partial charge in [0.1, 0.15) is 6.54 Å². The molecule has 3 N–H and O–H groups in total. The molecule has 0 aromatic heterocycles. The predicted molar refractivity (Wildman–Crippen MR) is 129 cm³/mol. The SMILES string of the molecule is CCCCCCCCCCCCCC/C=C\CCCC(O)(C[N+](C)(C)C)P(=O)(O)O. The Morgan fingerprint density at radius 1 is 0.733 bits per heavy atom. The summed E-state index contributed by atoms with van der Waals surface area (Å²) >= 11 is 0. The van der Waals surface area contributed by atoms with Crippen molar-refractivity contribution in [1.29, 1.82) is 0 Å². The van der Waals surface area contributed by atoms with E-state index in [2.05, 4.69) is 19.1 Å². The van der Waals surface area contributed by atoms with Gasteiger partial charge in [0.15, 0.2) is 0 Å². The van der Waals surface area contributed by atoms with Crippen molar-refractivity contribution in [2.75, 3.05) is 27.7 Å². The molecular formula is C24H51NO4P+. The smallest absolute Gasteiger partial charge is 0.362 e. The lowest BCUT2D eigenvalue weighted by Crippen LogP contribution is -2.49. The maximum atomic E-state index is 11.8. The summed E-state index contributed by atoms with van der Waals surface area (Å²) in [6.45, 7) is 2.30. The van der Waals surface area contributed by atoms with Crippen LogP contribution in [0.4, 0.5) is 0 Å². The number of likely N-dealkylation sites (N-methyl/N-ethyl adjacent to an activating group) is 1. The average molecular weight is 449 g/mol. The topological polar surface area (TPSA) is 77.8 Å². The fraction of sp³-hybridized carbons (Fsp3) is 0.917. The number of hydrogen-bond acceptors (Lipinski definition) is 2. The second-order valence-electron chi connectivity index (χ2n) is 10.0. The van der Waals surface area contributed by atoms with E-state index in [4.69, 9.17) is 0 Å². The van der Waals surface area contributed by atoms with Crippen LogP contribution >= 0.6 is 7.60 Å². The molecule has 30 heavy (non-hydrogen) atoms. The first-order valence-electron chi connectivity index (χ1n) is 12.3. The molecule has 0 heterocycles. The van der Waals surface area contributed by atoms with Crippen LogP contribution in [0.5, 0.6) is 0 Å². The number of nitrogens with zero attached hydrogens (tertiary/aromatic N) is 1. The highest BCUT2D eigenvalue weighted by Gasteiger charge is 2.48. The highest BCUT2D eigenvalue weighted by molar-refractivity contribution is 7.53. The van der Waals surface area contributed by atoms with Gasteiger partial charge in [-0.1, -0.05) is 89.7 Å². The van der Waals surface area contributed by atoms with Crippen LogP contribution < -0.4 is 0 Å². The van der Waals surface area contributed by atoms with Gasteiger partial charge in [-0.25, -0.2) is 0 Å². The van der Waals surface area contributed by atoms with Crippen molar-refractivity contribution >= 4 is 7.60 Å². The third-order valence-electron chi connectivity index (χ3n) is 5.61. The van der Waals surface area contributed by atoms with Gasteiger partial charge in [-0.15, -0.1) is 0 Å². The number of allylic oxidation sites excluding steroid dienone is 2. The molecule has 180 valence electrons. The summed E-state index contributed by atoms with van der Waals surface area (Å²) < 4.78 is 12.1. The number of unbranched alkanes of at least 4 members (excludes halogenated alkanes) is 13. The summed E-state index contributed by atoms with van der Waals surface area (Å²) in [6, 6.07) is 0. The van der Waals surface area contributed by atoms with Crippen molar-refractivity contribution in [2.24, 2.45) is 0 Å². The lowest BCUT2D eigenvalue weighted by molar-refractivity contribution is -0.875. The van der Waals surface area contributed by atoms with Gasteiger partial charge in [0.2, 0.25) is 5.34 Å². The van der Waals surface area contributed by atoms with Gasteiger partial charge in [-0.2, -0.15) is 0 Å². The zero-order valence-electron chi connectivity index (χ0n) is 20.3. The van der Waals surface area contributed by atoms with Crippen molar-refractivity contribution < 1.29 is 23.9 Å². The van der Waals surface area contributed by atoms with E-state index >= 15 is 0 Å². The molecule has 0 spiro atoms. The molecule has 0 saturated carbocycles. The van der Waals surface area contributed by atoms with Crippen molar-refractivity contribution in [1.82, 2.24) is 0 Å². The van der Waals surface area contributed by atoms with Crippen LogP contribution in [-0.4, -0.2) is 52.4 Å². The minimum atomic E-state index is -4.56. The van der Waals surface area contributed by atoms with Gasteiger partial charge in [-0.05, 0) is 32.1 Å². The second kappa shape index (κ2) is 16.4. The van der Waals surface area contributed by atoms with E-state index in [1.807, 2.05) is 21.1 Å². The van der Waals surface area contributed by atoms with E-state index in [1.165, 1.54) is 77.0 Å². The van der Waals surface area contributed by atoms with Gasteiger partial charge in [-0.3, -0.25) is 4.57 Å². The molecule has 1 unspecified atom stereocenters. The van der Waals surface area contributed by atoms with Crippen LogP contribution in [0.1, 0.15) is 110 Å². The van der Waals surface area contributed by atoms with E-state index in [0.717, 1.165) is 12.8 Å². The van der Waals surface area contributed by atoms with E-state index in [0.29, 0.717) is 10.9 Å². The molecule has 0 amide bonds. The Morgan fingerprint density at radius 3 is 1.53 bits per heavy atom. The molecule has 0 fully saturated rings. The maximum Gasteiger partial charge on any atom is 0.362 e. The van der Waals surface area contributed by atoms with Crippen molar-refractivity contribution in [2.45, 2.75) is 115 Å². The molecule has 0 saturated heterocycles. The summed E-state index contributed by atoms with van der Waals surface area (Å²) in [6.07, 6.45) is 23.1. The molecule has 0 aliphatic heterocycles. The third kappa shape index (κ3) is 16.5. The Bertz CT molecular complexity index is 484. The first-order chi connectivity index (χ1) is 14.0. The number of rotatable bonds is 20. The maximum absolute atomic E-state index is 11.8. The molecule has 6 heteroatoms. The van der Waals surface area contributed by atoms with Crippen LogP contribution in [0, 0.1) is 0 Å². The standard InChI is InChI=1S/C24H50NO4P/c1-5-6-7-8-9-10-11-12-13-14-15-16-17-18-19-20-21-22-24(26,30(27,28)29)23-25(2,3)4/h18-19,26H,5-17,20-23H2,1-4H3,(H-,27,28,29)/p+1/b19-18-. The molecule has 0 aliphatic rings. The number of quaternary nitrogens is 1. The first kappa shape index (κ1) is 29.8. The normalized spacial score (nSPS) is 15.0. The summed E-state index contributed by atoms with van der Waals surface area (Å²) in [7, 11) is 0.926. The molecule has 1 atom stereocenters. The fourth-order valence-electron chi connectivity index (χ4n) is 3.92. The summed E-state index contributed by atoms with van der Waals surface area (Å²) in [5.41, 5.74) is 0.